The van der Waals surface area contributed by atoms with Crippen molar-refractivity contribution in [3.8, 4) is 0 Å². The van der Waals surface area contributed by atoms with E-state index in [0.29, 0.717) is 5.56 Å². The SMILES string of the molecule is Fc1cccc(CNc2ccc3cn[nH]c3c2)c1F. The van der Waals surface area contributed by atoms with Gasteiger partial charge in [0.2, 0.25) is 0 Å². The molecule has 2 N–H and O–H groups in total. The molecular weight excluding hydrogens is 248 g/mol. The van der Waals surface area contributed by atoms with Crippen LogP contribution in [0.3, 0.4) is 0 Å². The van der Waals surface area contributed by atoms with Crippen LogP contribution in [0.4, 0.5) is 14.5 Å². The van der Waals surface area contributed by atoms with Crippen molar-refractivity contribution >= 4 is 16.6 Å². The minimum Gasteiger partial charge on any atom is -0.381 e. The lowest BCUT2D eigenvalue weighted by molar-refractivity contribution is 0.500. The van der Waals surface area contributed by atoms with Gasteiger partial charge < -0.3 is 5.32 Å². The second kappa shape index (κ2) is 4.68. The number of rotatable bonds is 3. The predicted octanol–water partition coefficient (Wildman–Crippen LogP) is 3.45. The molecule has 0 bridgehead atoms. The predicted molar refractivity (Wildman–Crippen MR) is 69.8 cm³/mol. The number of aromatic nitrogens is 2. The van der Waals surface area contributed by atoms with Gasteiger partial charge in [-0.05, 0) is 24.3 Å². The maximum atomic E-state index is 13.5. The minimum absolute atomic E-state index is 0.225. The van der Waals surface area contributed by atoms with Crippen molar-refractivity contribution in [1.82, 2.24) is 10.2 Å². The number of H-pyrrole nitrogens is 1. The summed E-state index contributed by atoms with van der Waals surface area (Å²) in [5.74, 6) is -1.64. The van der Waals surface area contributed by atoms with Crippen molar-refractivity contribution < 1.29 is 8.78 Å². The van der Waals surface area contributed by atoms with Gasteiger partial charge in [0.25, 0.3) is 0 Å². The molecule has 2 aromatic carbocycles. The Bertz CT molecular complexity index is 722. The Balaban J connectivity index is 1.80. The molecule has 0 saturated heterocycles. The molecule has 0 saturated carbocycles. The number of aromatic amines is 1. The lowest BCUT2D eigenvalue weighted by Crippen LogP contribution is -2.03. The second-order valence-corrected chi connectivity index (χ2v) is 4.24. The molecule has 5 heteroatoms. The van der Waals surface area contributed by atoms with E-state index < -0.39 is 11.6 Å². The van der Waals surface area contributed by atoms with Gasteiger partial charge in [0.05, 0.1) is 11.7 Å². The number of nitrogens with zero attached hydrogens (tertiary/aromatic N) is 1. The number of hydrogen-bond acceptors (Lipinski definition) is 2. The van der Waals surface area contributed by atoms with Crippen LogP contribution < -0.4 is 5.32 Å². The van der Waals surface area contributed by atoms with Crippen LogP contribution >= 0.6 is 0 Å². The Hall–Kier alpha value is -2.43. The molecule has 0 spiro atoms. The van der Waals surface area contributed by atoms with E-state index in [0.717, 1.165) is 22.7 Å². The Kier molecular flexibility index (Phi) is 2.87. The minimum atomic E-state index is -0.830. The summed E-state index contributed by atoms with van der Waals surface area (Å²) in [7, 11) is 0. The van der Waals surface area contributed by atoms with E-state index in [-0.39, 0.29) is 6.54 Å². The largest absolute Gasteiger partial charge is 0.381 e. The normalized spacial score (nSPS) is 10.8. The lowest BCUT2D eigenvalue weighted by Gasteiger charge is -2.07. The topological polar surface area (TPSA) is 40.7 Å². The fourth-order valence-corrected chi connectivity index (χ4v) is 1.93. The highest BCUT2D eigenvalue weighted by molar-refractivity contribution is 5.81. The lowest BCUT2D eigenvalue weighted by atomic mass is 10.2. The molecule has 0 aliphatic rings. The first-order chi connectivity index (χ1) is 9.24. The number of fused-ring (bicyclic) bond motifs is 1. The summed E-state index contributed by atoms with van der Waals surface area (Å²) in [6, 6.07) is 9.81. The van der Waals surface area contributed by atoms with E-state index in [1.165, 1.54) is 6.07 Å². The molecule has 0 unspecified atom stereocenters. The Morgan fingerprint density at radius 3 is 2.95 bits per heavy atom. The molecule has 3 nitrogen and oxygen atoms in total. The zero-order valence-corrected chi connectivity index (χ0v) is 9.95. The van der Waals surface area contributed by atoms with Gasteiger partial charge in [0.1, 0.15) is 0 Å². The van der Waals surface area contributed by atoms with E-state index in [9.17, 15) is 8.78 Å². The van der Waals surface area contributed by atoms with Gasteiger partial charge in [-0.15, -0.1) is 0 Å². The Morgan fingerprint density at radius 1 is 1.16 bits per heavy atom. The molecule has 0 aliphatic carbocycles. The van der Waals surface area contributed by atoms with E-state index in [1.54, 1.807) is 12.3 Å². The van der Waals surface area contributed by atoms with E-state index >= 15 is 0 Å². The number of nitrogens with one attached hydrogen (secondary N) is 2. The van der Waals surface area contributed by atoms with Crippen LogP contribution in [0.25, 0.3) is 10.9 Å². The third-order valence-corrected chi connectivity index (χ3v) is 2.96. The van der Waals surface area contributed by atoms with Gasteiger partial charge in [0.15, 0.2) is 11.6 Å². The summed E-state index contributed by atoms with van der Waals surface area (Å²) < 4.78 is 26.5. The average Bonchev–Trinajstić information content (AvgIpc) is 2.88. The van der Waals surface area contributed by atoms with Crippen molar-refractivity contribution in [3.05, 3.63) is 59.8 Å². The first kappa shape index (κ1) is 11.6. The maximum Gasteiger partial charge on any atom is 0.163 e. The van der Waals surface area contributed by atoms with Gasteiger partial charge in [-0.1, -0.05) is 12.1 Å². The third kappa shape index (κ3) is 2.27. The molecule has 0 atom stereocenters. The van der Waals surface area contributed by atoms with Gasteiger partial charge in [-0.3, -0.25) is 5.10 Å². The summed E-state index contributed by atoms with van der Waals surface area (Å²) >= 11 is 0. The highest BCUT2D eigenvalue weighted by Crippen LogP contribution is 2.18. The van der Waals surface area contributed by atoms with Crippen LogP contribution in [0, 0.1) is 11.6 Å². The van der Waals surface area contributed by atoms with Crippen molar-refractivity contribution in [2.75, 3.05) is 5.32 Å². The molecule has 96 valence electrons. The van der Waals surface area contributed by atoms with Crippen molar-refractivity contribution in [1.29, 1.82) is 0 Å². The second-order valence-electron chi connectivity index (χ2n) is 4.24. The van der Waals surface area contributed by atoms with Gasteiger partial charge in [-0.2, -0.15) is 5.10 Å². The van der Waals surface area contributed by atoms with Gasteiger partial charge in [-0.25, -0.2) is 8.78 Å². The van der Waals surface area contributed by atoms with Crippen molar-refractivity contribution in [3.63, 3.8) is 0 Å². The molecule has 1 heterocycles. The quantitative estimate of drug-likeness (QED) is 0.756. The van der Waals surface area contributed by atoms with Crippen molar-refractivity contribution in [2.45, 2.75) is 6.54 Å². The Morgan fingerprint density at radius 2 is 2.05 bits per heavy atom. The first-order valence-corrected chi connectivity index (χ1v) is 5.84. The standard InChI is InChI=1S/C14H11F2N3/c15-12-3-1-2-10(14(12)16)7-17-11-5-4-9-8-18-19-13(9)6-11/h1-6,8,17H,7H2,(H,18,19). The van der Waals surface area contributed by atoms with Crippen LogP contribution in [0.5, 0.6) is 0 Å². The van der Waals surface area contributed by atoms with Gasteiger partial charge in [0, 0.05) is 23.2 Å². The summed E-state index contributed by atoms with van der Waals surface area (Å²) in [4.78, 5) is 0. The van der Waals surface area contributed by atoms with E-state index in [2.05, 4.69) is 15.5 Å². The molecule has 1 aromatic heterocycles. The molecule has 0 aliphatic heterocycles. The molecule has 19 heavy (non-hydrogen) atoms. The third-order valence-electron chi connectivity index (χ3n) is 2.96. The Labute approximate surface area is 108 Å². The zero-order valence-electron chi connectivity index (χ0n) is 9.95. The number of hydrogen-bond donors (Lipinski definition) is 2. The molecule has 3 aromatic rings. The summed E-state index contributed by atoms with van der Waals surface area (Å²) in [6.45, 7) is 0.225. The molecular formula is C14H11F2N3. The zero-order chi connectivity index (χ0) is 13.2. The summed E-state index contributed by atoms with van der Waals surface area (Å²) in [6.07, 6.45) is 1.73. The summed E-state index contributed by atoms with van der Waals surface area (Å²) in [5.41, 5.74) is 2.01. The average molecular weight is 259 g/mol. The monoisotopic (exact) mass is 259 g/mol. The maximum absolute atomic E-state index is 13.5. The smallest absolute Gasteiger partial charge is 0.163 e. The fraction of sp³-hybridized carbons (Fsp3) is 0.0714. The fourth-order valence-electron chi connectivity index (χ4n) is 1.93. The van der Waals surface area contributed by atoms with Crippen molar-refractivity contribution in [2.24, 2.45) is 0 Å². The van der Waals surface area contributed by atoms with Crippen LogP contribution in [-0.4, -0.2) is 10.2 Å². The van der Waals surface area contributed by atoms with Gasteiger partial charge >= 0.3 is 0 Å². The number of benzene rings is 2. The van der Waals surface area contributed by atoms with E-state index in [4.69, 9.17) is 0 Å². The molecule has 3 rings (SSSR count). The van der Waals surface area contributed by atoms with E-state index in [1.807, 2.05) is 18.2 Å². The summed E-state index contributed by atoms with van der Waals surface area (Å²) in [5, 5.41) is 10.8. The van der Waals surface area contributed by atoms with Crippen LogP contribution in [-0.2, 0) is 6.54 Å². The van der Waals surface area contributed by atoms with Crippen LogP contribution in [0.1, 0.15) is 5.56 Å². The highest BCUT2D eigenvalue weighted by Gasteiger charge is 2.07. The molecule has 0 fully saturated rings. The molecule has 0 radical (unpaired) electrons. The highest BCUT2D eigenvalue weighted by atomic mass is 19.2. The molecule has 0 amide bonds. The first-order valence-electron chi connectivity index (χ1n) is 5.84. The number of halogens is 2. The van der Waals surface area contributed by atoms with Crippen LogP contribution in [0.2, 0.25) is 0 Å². The number of anilines is 1. The van der Waals surface area contributed by atoms with Crippen LogP contribution in [0.15, 0.2) is 42.6 Å².